The monoisotopic (exact) mass is 427 g/mol. The average Bonchev–Trinajstić information content (AvgIpc) is 3.52. The SMILES string of the molecule is O=C(C1CCCCC1)N1Cc2[nH]cnc2C[C@H]1c1nc(-c2ccc3ccccc3c2)no1. The standard InChI is InChI=1S/C25H25N5O2/c31-25(17-7-2-1-3-8-17)30-14-21-20(26-15-27-21)13-22(30)24-28-23(29-32-24)19-11-10-16-6-4-5-9-18(16)12-19/h4-6,9-12,15,17,22H,1-3,7-8,13-14H2,(H,26,27)/t22-/m0/s1. The molecule has 7 heteroatoms. The highest BCUT2D eigenvalue weighted by Gasteiger charge is 2.38. The molecule has 32 heavy (non-hydrogen) atoms. The number of carbonyl (C=O) groups is 1. The molecule has 7 nitrogen and oxygen atoms in total. The molecule has 1 N–H and O–H groups in total. The van der Waals surface area contributed by atoms with E-state index in [-0.39, 0.29) is 17.9 Å². The van der Waals surface area contributed by atoms with Gasteiger partial charge in [0.25, 0.3) is 0 Å². The highest BCUT2D eigenvalue weighted by Crippen LogP contribution is 2.36. The number of nitrogens with zero attached hydrogens (tertiary/aromatic N) is 4. The van der Waals surface area contributed by atoms with Crippen LogP contribution in [0.1, 0.15) is 55.4 Å². The number of aromatic amines is 1. The Morgan fingerprint density at radius 1 is 1.06 bits per heavy atom. The first-order chi connectivity index (χ1) is 15.8. The lowest BCUT2D eigenvalue weighted by molar-refractivity contribution is -0.141. The zero-order chi connectivity index (χ0) is 21.5. The van der Waals surface area contributed by atoms with E-state index in [2.05, 4.69) is 39.4 Å². The van der Waals surface area contributed by atoms with Crippen molar-refractivity contribution in [2.75, 3.05) is 0 Å². The number of imidazole rings is 1. The number of benzene rings is 2. The lowest BCUT2D eigenvalue weighted by Gasteiger charge is -2.36. The molecule has 3 heterocycles. The Balaban J connectivity index is 1.33. The molecule has 1 aliphatic heterocycles. The van der Waals surface area contributed by atoms with E-state index < -0.39 is 0 Å². The summed E-state index contributed by atoms with van der Waals surface area (Å²) in [6.45, 7) is 0.503. The summed E-state index contributed by atoms with van der Waals surface area (Å²) in [5, 5.41) is 6.56. The number of hydrogen-bond acceptors (Lipinski definition) is 5. The fourth-order valence-corrected chi connectivity index (χ4v) is 5.09. The molecule has 1 fully saturated rings. The predicted molar refractivity (Wildman–Crippen MR) is 119 cm³/mol. The third kappa shape index (κ3) is 3.38. The molecule has 6 rings (SSSR count). The Morgan fingerprint density at radius 2 is 1.91 bits per heavy atom. The summed E-state index contributed by atoms with van der Waals surface area (Å²) in [5.74, 6) is 1.30. The number of carbonyl (C=O) groups excluding carboxylic acids is 1. The van der Waals surface area contributed by atoms with Gasteiger partial charge in [-0.05, 0) is 29.7 Å². The van der Waals surface area contributed by atoms with Crippen molar-refractivity contribution in [2.45, 2.75) is 51.1 Å². The van der Waals surface area contributed by atoms with Gasteiger partial charge >= 0.3 is 0 Å². The molecule has 4 aromatic rings. The van der Waals surface area contributed by atoms with Crippen LogP contribution in [0.5, 0.6) is 0 Å². The van der Waals surface area contributed by atoms with Crippen LogP contribution in [-0.4, -0.2) is 30.9 Å². The van der Waals surface area contributed by atoms with Crippen LogP contribution in [0.3, 0.4) is 0 Å². The van der Waals surface area contributed by atoms with Crippen LogP contribution in [0.2, 0.25) is 0 Å². The fourth-order valence-electron chi connectivity index (χ4n) is 5.09. The largest absolute Gasteiger partial charge is 0.347 e. The van der Waals surface area contributed by atoms with Crippen LogP contribution in [0, 0.1) is 5.92 Å². The van der Waals surface area contributed by atoms with E-state index in [1.807, 2.05) is 23.1 Å². The van der Waals surface area contributed by atoms with Gasteiger partial charge in [-0.2, -0.15) is 4.98 Å². The van der Waals surface area contributed by atoms with Crippen molar-refractivity contribution in [3.63, 3.8) is 0 Å². The van der Waals surface area contributed by atoms with E-state index in [9.17, 15) is 4.79 Å². The van der Waals surface area contributed by atoms with Crippen LogP contribution in [0.4, 0.5) is 0 Å². The number of nitrogens with one attached hydrogen (secondary N) is 1. The van der Waals surface area contributed by atoms with Crippen molar-refractivity contribution < 1.29 is 9.32 Å². The summed E-state index contributed by atoms with van der Waals surface area (Å²) in [7, 11) is 0. The summed E-state index contributed by atoms with van der Waals surface area (Å²) in [6.07, 6.45) is 7.67. The maximum absolute atomic E-state index is 13.5. The lowest BCUT2D eigenvalue weighted by atomic mass is 9.87. The second-order valence-electron chi connectivity index (χ2n) is 8.87. The minimum atomic E-state index is -0.290. The summed E-state index contributed by atoms with van der Waals surface area (Å²) in [6, 6.07) is 14.1. The molecule has 0 saturated heterocycles. The minimum absolute atomic E-state index is 0.0820. The summed E-state index contributed by atoms with van der Waals surface area (Å²) < 4.78 is 5.74. The Kier molecular flexibility index (Phi) is 4.74. The van der Waals surface area contributed by atoms with E-state index in [4.69, 9.17) is 9.51 Å². The van der Waals surface area contributed by atoms with Gasteiger partial charge in [0.15, 0.2) is 0 Å². The Hall–Kier alpha value is -3.48. The van der Waals surface area contributed by atoms with Crippen molar-refractivity contribution >= 4 is 16.7 Å². The third-order valence-corrected chi connectivity index (χ3v) is 6.87. The highest BCUT2D eigenvalue weighted by molar-refractivity contribution is 5.86. The molecule has 0 bridgehead atoms. The van der Waals surface area contributed by atoms with Gasteiger partial charge in [0.05, 0.1) is 24.3 Å². The van der Waals surface area contributed by atoms with E-state index in [0.29, 0.717) is 24.7 Å². The lowest BCUT2D eigenvalue weighted by Crippen LogP contribution is -2.42. The van der Waals surface area contributed by atoms with Gasteiger partial charge in [-0.15, -0.1) is 0 Å². The van der Waals surface area contributed by atoms with Crippen LogP contribution in [-0.2, 0) is 17.8 Å². The van der Waals surface area contributed by atoms with Gasteiger partial charge in [0.1, 0.15) is 6.04 Å². The predicted octanol–water partition coefficient (Wildman–Crippen LogP) is 4.82. The summed E-state index contributed by atoms with van der Waals surface area (Å²) >= 11 is 0. The number of H-pyrrole nitrogens is 1. The molecule has 162 valence electrons. The first kappa shape index (κ1) is 19.2. The number of amides is 1. The van der Waals surface area contributed by atoms with Crippen LogP contribution in [0.15, 0.2) is 53.3 Å². The number of aromatic nitrogens is 4. The molecule has 1 saturated carbocycles. The zero-order valence-electron chi connectivity index (χ0n) is 17.8. The van der Waals surface area contributed by atoms with E-state index in [1.165, 1.54) is 11.8 Å². The second-order valence-corrected chi connectivity index (χ2v) is 8.87. The summed E-state index contributed by atoms with van der Waals surface area (Å²) in [4.78, 5) is 27.8. The van der Waals surface area contributed by atoms with Crippen LogP contribution >= 0.6 is 0 Å². The summed E-state index contributed by atoms with van der Waals surface area (Å²) in [5.41, 5.74) is 2.87. The van der Waals surface area contributed by atoms with E-state index in [1.54, 1.807) is 6.33 Å². The van der Waals surface area contributed by atoms with Gasteiger partial charge in [0.2, 0.25) is 17.6 Å². The minimum Gasteiger partial charge on any atom is -0.347 e. The van der Waals surface area contributed by atoms with Gasteiger partial charge in [0, 0.05) is 17.9 Å². The topological polar surface area (TPSA) is 87.9 Å². The maximum Gasteiger partial charge on any atom is 0.250 e. The van der Waals surface area contributed by atoms with Crippen LogP contribution in [0.25, 0.3) is 22.2 Å². The van der Waals surface area contributed by atoms with E-state index in [0.717, 1.165) is 48.0 Å². The smallest absolute Gasteiger partial charge is 0.250 e. The van der Waals surface area contributed by atoms with Crippen molar-refractivity contribution in [2.24, 2.45) is 5.92 Å². The Labute approximate surface area is 185 Å². The molecular formula is C25H25N5O2. The quantitative estimate of drug-likeness (QED) is 0.506. The Bertz CT molecular complexity index is 1270. The molecular weight excluding hydrogens is 402 g/mol. The van der Waals surface area contributed by atoms with Crippen molar-refractivity contribution in [3.05, 3.63) is 66.1 Å². The van der Waals surface area contributed by atoms with E-state index >= 15 is 0 Å². The number of rotatable bonds is 3. The molecule has 0 spiro atoms. The average molecular weight is 428 g/mol. The number of fused-ring (bicyclic) bond motifs is 2. The van der Waals surface area contributed by atoms with Crippen molar-refractivity contribution in [1.82, 2.24) is 25.0 Å². The molecule has 0 unspecified atom stereocenters. The molecule has 1 amide bonds. The zero-order valence-corrected chi connectivity index (χ0v) is 17.8. The van der Waals surface area contributed by atoms with Crippen molar-refractivity contribution in [1.29, 1.82) is 0 Å². The van der Waals surface area contributed by atoms with Crippen LogP contribution < -0.4 is 0 Å². The molecule has 2 aliphatic rings. The first-order valence-corrected chi connectivity index (χ1v) is 11.4. The molecule has 1 aliphatic carbocycles. The van der Waals surface area contributed by atoms with Crippen molar-refractivity contribution in [3.8, 4) is 11.4 Å². The fraction of sp³-hybridized carbons (Fsp3) is 0.360. The second kappa shape index (κ2) is 7.89. The highest BCUT2D eigenvalue weighted by atomic mass is 16.5. The molecule has 1 atom stereocenters. The maximum atomic E-state index is 13.5. The Morgan fingerprint density at radius 3 is 2.78 bits per heavy atom. The third-order valence-electron chi connectivity index (χ3n) is 6.87. The molecule has 2 aromatic carbocycles. The first-order valence-electron chi connectivity index (χ1n) is 11.4. The van der Waals surface area contributed by atoms with Gasteiger partial charge in [-0.1, -0.05) is 60.8 Å². The molecule has 2 aromatic heterocycles. The normalized spacial score (nSPS) is 19.2. The van der Waals surface area contributed by atoms with Gasteiger partial charge in [-0.3, -0.25) is 4.79 Å². The van der Waals surface area contributed by atoms with Gasteiger partial charge in [-0.25, -0.2) is 4.98 Å². The van der Waals surface area contributed by atoms with Gasteiger partial charge < -0.3 is 14.4 Å². The molecule has 0 radical (unpaired) electrons. The number of hydrogen-bond donors (Lipinski definition) is 1.